The van der Waals surface area contributed by atoms with E-state index in [-0.39, 0.29) is 24.8 Å². The van der Waals surface area contributed by atoms with Crippen LogP contribution in [0, 0.1) is 0 Å². The van der Waals surface area contributed by atoms with E-state index in [0.29, 0.717) is 18.5 Å². The van der Waals surface area contributed by atoms with E-state index in [4.69, 9.17) is 0 Å². The zero-order valence-electron chi connectivity index (χ0n) is 11.7. The molecule has 0 amide bonds. The van der Waals surface area contributed by atoms with Gasteiger partial charge in [-0.15, -0.1) is 24.8 Å². The number of para-hydroxylation sites is 1. The zero-order chi connectivity index (χ0) is 13.9. The molecule has 1 aliphatic heterocycles. The van der Waals surface area contributed by atoms with Gasteiger partial charge in [-0.2, -0.15) is 0 Å². The molecule has 2 aromatic rings. The summed E-state index contributed by atoms with van der Waals surface area (Å²) in [6, 6.07) is 11.8. The Hall–Kier alpha value is -2.04. The second-order valence-electron chi connectivity index (χ2n) is 4.75. The van der Waals surface area contributed by atoms with E-state index < -0.39 is 5.97 Å². The topological polar surface area (TPSA) is 53.4 Å². The van der Waals surface area contributed by atoms with Crippen LogP contribution < -0.4 is 4.90 Å². The molecule has 116 valence electrons. The maximum absolute atomic E-state index is 11.3. The van der Waals surface area contributed by atoms with Crippen LogP contribution >= 0.6 is 24.8 Å². The number of pyridine rings is 1. The summed E-state index contributed by atoms with van der Waals surface area (Å²) in [4.78, 5) is 17.2. The van der Waals surface area contributed by atoms with Gasteiger partial charge < -0.3 is 10.0 Å². The van der Waals surface area contributed by atoms with Crippen molar-refractivity contribution in [3.05, 3.63) is 71.7 Å². The number of carboxylic acid groups (broad SMARTS) is 1. The van der Waals surface area contributed by atoms with Crippen LogP contribution in [0.5, 0.6) is 0 Å². The van der Waals surface area contributed by atoms with Crippen molar-refractivity contribution < 1.29 is 9.90 Å². The van der Waals surface area contributed by atoms with Crippen molar-refractivity contribution in [1.29, 1.82) is 0 Å². The fourth-order valence-corrected chi connectivity index (χ4v) is 2.40. The van der Waals surface area contributed by atoms with Gasteiger partial charge in [-0.3, -0.25) is 4.98 Å². The highest BCUT2D eigenvalue weighted by Crippen LogP contribution is 2.30. The van der Waals surface area contributed by atoms with Gasteiger partial charge in [0, 0.05) is 37.2 Å². The predicted octanol–water partition coefficient (Wildman–Crippen LogP) is 3.46. The Labute approximate surface area is 141 Å². The lowest BCUT2D eigenvalue weighted by atomic mass is 9.99. The Bertz CT molecular complexity index is 675. The summed E-state index contributed by atoms with van der Waals surface area (Å²) >= 11 is 0. The molecule has 6 heteroatoms. The van der Waals surface area contributed by atoms with Crippen molar-refractivity contribution >= 4 is 36.5 Å². The highest BCUT2D eigenvalue weighted by molar-refractivity contribution is 5.89. The highest BCUT2D eigenvalue weighted by Gasteiger charge is 2.20. The van der Waals surface area contributed by atoms with Gasteiger partial charge in [-0.1, -0.05) is 18.2 Å². The van der Waals surface area contributed by atoms with Crippen molar-refractivity contribution in [1.82, 2.24) is 4.98 Å². The molecule has 0 saturated heterocycles. The van der Waals surface area contributed by atoms with E-state index in [2.05, 4.69) is 4.98 Å². The Morgan fingerprint density at radius 1 is 1.14 bits per heavy atom. The lowest BCUT2D eigenvalue weighted by molar-refractivity contribution is -0.132. The largest absolute Gasteiger partial charge is 0.478 e. The van der Waals surface area contributed by atoms with Crippen LogP contribution in [0.1, 0.15) is 11.1 Å². The van der Waals surface area contributed by atoms with Crippen LogP contribution in [0.4, 0.5) is 5.69 Å². The molecule has 0 saturated carbocycles. The average molecular weight is 339 g/mol. The molecule has 0 unspecified atom stereocenters. The minimum Gasteiger partial charge on any atom is -0.478 e. The molecule has 4 nitrogen and oxygen atoms in total. The van der Waals surface area contributed by atoms with Gasteiger partial charge in [0.2, 0.25) is 0 Å². The van der Waals surface area contributed by atoms with Crippen LogP contribution in [-0.4, -0.2) is 16.1 Å². The second-order valence-corrected chi connectivity index (χ2v) is 4.75. The summed E-state index contributed by atoms with van der Waals surface area (Å²) in [6.45, 7) is 0.635. The highest BCUT2D eigenvalue weighted by atomic mass is 35.5. The maximum Gasteiger partial charge on any atom is 0.333 e. The molecular formula is C16H16Cl2N2O2. The number of aliphatic carboxylic acids is 1. The quantitative estimate of drug-likeness (QED) is 0.931. The molecule has 1 aromatic heterocycles. The standard InChI is InChI=1S/C16H14N2O2.2ClH/c19-16(20)14-9-13-3-1-2-4-15(13)18(11-14)10-12-5-7-17-8-6-12;;/h1-8,11H,9-10H2,(H,19,20);2*1H. The number of halogens is 2. The average Bonchev–Trinajstić information content (AvgIpc) is 2.48. The minimum absolute atomic E-state index is 0. The first-order chi connectivity index (χ1) is 9.74. The first kappa shape index (κ1) is 18.0. The van der Waals surface area contributed by atoms with Gasteiger partial charge in [0.05, 0.1) is 5.57 Å². The SMILES string of the molecule is Cl.Cl.O=C(O)C1=CN(Cc2ccncc2)c2ccccc2C1. The van der Waals surface area contributed by atoms with E-state index in [1.807, 2.05) is 41.3 Å². The molecular weight excluding hydrogens is 323 g/mol. The molecule has 0 radical (unpaired) electrons. The Morgan fingerprint density at radius 3 is 2.50 bits per heavy atom. The fraction of sp³-hybridized carbons (Fsp3) is 0.125. The van der Waals surface area contributed by atoms with Crippen LogP contribution in [-0.2, 0) is 17.8 Å². The van der Waals surface area contributed by atoms with Crippen LogP contribution in [0.25, 0.3) is 0 Å². The van der Waals surface area contributed by atoms with Crippen LogP contribution in [0.15, 0.2) is 60.6 Å². The number of carboxylic acids is 1. The van der Waals surface area contributed by atoms with Crippen molar-refractivity contribution in [3.63, 3.8) is 0 Å². The number of benzene rings is 1. The molecule has 0 aliphatic carbocycles. The number of fused-ring (bicyclic) bond motifs is 1. The molecule has 0 bridgehead atoms. The molecule has 0 atom stereocenters. The first-order valence-corrected chi connectivity index (χ1v) is 6.41. The zero-order valence-corrected chi connectivity index (χ0v) is 13.3. The third kappa shape index (κ3) is 3.78. The van der Waals surface area contributed by atoms with Gasteiger partial charge in [0.15, 0.2) is 0 Å². The van der Waals surface area contributed by atoms with E-state index in [9.17, 15) is 9.90 Å². The van der Waals surface area contributed by atoms with Crippen LogP contribution in [0.3, 0.4) is 0 Å². The molecule has 0 fully saturated rings. The van der Waals surface area contributed by atoms with Crippen molar-refractivity contribution in [2.24, 2.45) is 0 Å². The summed E-state index contributed by atoms with van der Waals surface area (Å²) in [7, 11) is 0. The van der Waals surface area contributed by atoms with Gasteiger partial charge in [0.1, 0.15) is 0 Å². The van der Waals surface area contributed by atoms with Gasteiger partial charge >= 0.3 is 5.97 Å². The molecule has 1 aliphatic rings. The third-order valence-corrected chi connectivity index (χ3v) is 3.37. The third-order valence-electron chi connectivity index (χ3n) is 3.37. The predicted molar refractivity (Wildman–Crippen MR) is 90.8 cm³/mol. The fourth-order valence-electron chi connectivity index (χ4n) is 2.40. The van der Waals surface area contributed by atoms with E-state index in [1.54, 1.807) is 18.6 Å². The molecule has 22 heavy (non-hydrogen) atoms. The van der Waals surface area contributed by atoms with Gasteiger partial charge in [0.25, 0.3) is 0 Å². The molecule has 1 aromatic carbocycles. The summed E-state index contributed by atoms with van der Waals surface area (Å²) in [5.41, 5.74) is 3.62. The molecule has 1 N–H and O–H groups in total. The Morgan fingerprint density at radius 2 is 1.82 bits per heavy atom. The van der Waals surface area contributed by atoms with Gasteiger partial charge in [-0.25, -0.2) is 4.79 Å². The maximum atomic E-state index is 11.3. The molecule has 2 heterocycles. The van der Waals surface area contributed by atoms with Crippen molar-refractivity contribution in [3.8, 4) is 0 Å². The van der Waals surface area contributed by atoms with E-state index in [0.717, 1.165) is 16.8 Å². The number of carbonyl (C=O) groups is 1. The molecule has 3 rings (SSSR count). The summed E-state index contributed by atoms with van der Waals surface area (Å²) in [5, 5.41) is 9.24. The normalized spacial score (nSPS) is 12.4. The smallest absolute Gasteiger partial charge is 0.333 e. The van der Waals surface area contributed by atoms with E-state index in [1.165, 1.54) is 0 Å². The first-order valence-electron chi connectivity index (χ1n) is 6.41. The summed E-state index contributed by atoms with van der Waals surface area (Å²) < 4.78 is 0. The molecule has 0 spiro atoms. The second kappa shape index (κ2) is 7.82. The minimum atomic E-state index is -0.862. The Balaban J connectivity index is 0.00000121. The number of hydrogen-bond acceptors (Lipinski definition) is 3. The number of anilines is 1. The van der Waals surface area contributed by atoms with Crippen molar-refractivity contribution in [2.75, 3.05) is 4.90 Å². The number of nitrogens with zero attached hydrogens (tertiary/aromatic N) is 2. The lowest BCUT2D eigenvalue weighted by Crippen LogP contribution is -2.24. The lowest BCUT2D eigenvalue weighted by Gasteiger charge is -2.28. The number of aromatic nitrogens is 1. The monoisotopic (exact) mass is 338 g/mol. The van der Waals surface area contributed by atoms with Gasteiger partial charge in [-0.05, 0) is 29.3 Å². The summed E-state index contributed by atoms with van der Waals surface area (Å²) in [5.74, 6) is -0.862. The number of rotatable bonds is 3. The van der Waals surface area contributed by atoms with Crippen molar-refractivity contribution in [2.45, 2.75) is 13.0 Å². The number of hydrogen-bond donors (Lipinski definition) is 1. The van der Waals surface area contributed by atoms with Crippen LogP contribution in [0.2, 0.25) is 0 Å². The Kier molecular flexibility index (Phi) is 6.40. The summed E-state index contributed by atoms with van der Waals surface area (Å²) in [6.07, 6.45) is 5.68. The van der Waals surface area contributed by atoms with E-state index >= 15 is 0 Å².